The Bertz CT molecular complexity index is 1410. The van der Waals surface area contributed by atoms with Gasteiger partial charge in [-0.25, -0.2) is 4.79 Å². The van der Waals surface area contributed by atoms with Gasteiger partial charge in [-0.1, -0.05) is 30.3 Å². The van der Waals surface area contributed by atoms with Crippen molar-refractivity contribution in [3.8, 4) is 22.5 Å². The zero-order valence-electron chi connectivity index (χ0n) is 17.6. The summed E-state index contributed by atoms with van der Waals surface area (Å²) in [7, 11) is 0. The predicted octanol–water partition coefficient (Wildman–Crippen LogP) is 7.21. The average molecular weight is 520 g/mol. The Morgan fingerprint density at radius 1 is 0.778 bits per heavy atom. The summed E-state index contributed by atoms with van der Waals surface area (Å²) in [5, 5.41) is 0. The Morgan fingerprint density at radius 2 is 1.36 bits per heavy atom. The summed E-state index contributed by atoms with van der Waals surface area (Å²) in [5.41, 5.74) is -5.11. The molecular weight excluding hydrogens is 507 g/mol. The molecule has 4 rings (SSSR count). The molecule has 0 fully saturated rings. The third-order valence-electron chi connectivity index (χ3n) is 5.24. The summed E-state index contributed by atoms with van der Waals surface area (Å²) in [4.78, 5) is 14.8. The van der Waals surface area contributed by atoms with Crippen LogP contribution in [0.1, 0.15) is 22.4 Å². The fourth-order valence-corrected chi connectivity index (χ4v) is 3.63. The van der Waals surface area contributed by atoms with E-state index < -0.39 is 58.8 Å². The number of alkyl halides is 9. The lowest BCUT2D eigenvalue weighted by molar-refractivity contribution is -0.143. The molecule has 0 aliphatic rings. The lowest BCUT2D eigenvalue weighted by Gasteiger charge is -2.13. The van der Waals surface area contributed by atoms with Crippen molar-refractivity contribution in [1.82, 2.24) is 9.55 Å². The van der Waals surface area contributed by atoms with Crippen LogP contribution in [0.25, 0.3) is 22.5 Å². The minimum atomic E-state index is -5.12. The molecular formula is C23H13F9N2O2. The van der Waals surface area contributed by atoms with Crippen molar-refractivity contribution in [3.63, 3.8) is 0 Å². The Labute approximate surface area is 195 Å². The second-order valence-corrected chi connectivity index (χ2v) is 7.70. The van der Waals surface area contributed by atoms with Crippen LogP contribution in [-0.2, 0) is 25.1 Å². The van der Waals surface area contributed by atoms with Gasteiger partial charge in [-0.15, -0.1) is 0 Å². The summed E-state index contributed by atoms with van der Waals surface area (Å²) in [6.45, 7) is -0.534. The number of nitrogens with zero attached hydrogens (tertiary/aromatic N) is 1. The number of oxazole rings is 1. The van der Waals surface area contributed by atoms with E-state index in [9.17, 15) is 44.3 Å². The smallest absolute Gasteiger partial charge is 0.408 e. The van der Waals surface area contributed by atoms with Crippen molar-refractivity contribution in [2.45, 2.75) is 25.1 Å². The molecule has 1 N–H and O–H groups in total. The molecule has 190 valence electrons. The van der Waals surface area contributed by atoms with E-state index in [1.807, 2.05) is 0 Å². The van der Waals surface area contributed by atoms with Gasteiger partial charge >= 0.3 is 24.3 Å². The summed E-state index contributed by atoms with van der Waals surface area (Å²) in [5.74, 6) is -1.82. The van der Waals surface area contributed by atoms with Crippen LogP contribution in [0.3, 0.4) is 0 Å². The molecule has 0 unspecified atom stereocenters. The summed E-state index contributed by atoms with van der Waals surface area (Å²) in [6, 6.07) is 8.08. The van der Waals surface area contributed by atoms with E-state index in [2.05, 4.69) is 4.98 Å². The van der Waals surface area contributed by atoms with Crippen LogP contribution in [0, 0.1) is 0 Å². The maximum atomic E-state index is 13.6. The van der Waals surface area contributed by atoms with Crippen LogP contribution in [0.4, 0.5) is 39.5 Å². The van der Waals surface area contributed by atoms with Gasteiger partial charge in [0.15, 0.2) is 5.76 Å². The summed E-state index contributed by atoms with van der Waals surface area (Å²) >= 11 is 0. The number of aromatic nitrogens is 2. The first kappa shape index (κ1) is 25.2. The van der Waals surface area contributed by atoms with Crippen molar-refractivity contribution in [3.05, 3.63) is 93.9 Å². The van der Waals surface area contributed by atoms with Crippen LogP contribution in [0.2, 0.25) is 0 Å². The molecule has 0 amide bonds. The topological polar surface area (TPSA) is 50.9 Å². The first-order valence-electron chi connectivity index (χ1n) is 9.97. The van der Waals surface area contributed by atoms with Gasteiger partial charge in [0.2, 0.25) is 0 Å². The van der Waals surface area contributed by atoms with Crippen molar-refractivity contribution < 1.29 is 43.9 Å². The van der Waals surface area contributed by atoms with Crippen LogP contribution in [0.15, 0.2) is 70.1 Å². The second-order valence-electron chi connectivity index (χ2n) is 7.70. The molecule has 0 atom stereocenters. The van der Waals surface area contributed by atoms with E-state index in [-0.39, 0.29) is 22.9 Å². The lowest BCUT2D eigenvalue weighted by atomic mass is 10.0. The Hall–Kier alpha value is -3.90. The molecule has 0 aliphatic heterocycles. The molecule has 2 aromatic carbocycles. The van der Waals surface area contributed by atoms with Crippen molar-refractivity contribution in [1.29, 1.82) is 0 Å². The number of halogens is 9. The molecule has 0 saturated carbocycles. The summed E-state index contributed by atoms with van der Waals surface area (Å²) < 4.78 is 125. The van der Waals surface area contributed by atoms with Gasteiger partial charge in [-0.05, 0) is 23.8 Å². The van der Waals surface area contributed by atoms with Crippen molar-refractivity contribution >= 4 is 0 Å². The number of H-pyrrole nitrogens is 1. The zero-order chi connectivity index (χ0) is 26.5. The van der Waals surface area contributed by atoms with Crippen molar-refractivity contribution in [2.75, 3.05) is 0 Å². The number of hydrogen-bond donors (Lipinski definition) is 1. The Balaban J connectivity index is 1.79. The van der Waals surface area contributed by atoms with Gasteiger partial charge in [0, 0.05) is 23.0 Å². The highest BCUT2D eigenvalue weighted by atomic mass is 19.4. The number of nitrogens with one attached hydrogen (secondary N) is 1. The molecule has 36 heavy (non-hydrogen) atoms. The third-order valence-corrected chi connectivity index (χ3v) is 5.24. The van der Waals surface area contributed by atoms with Crippen LogP contribution in [-0.4, -0.2) is 9.55 Å². The second kappa shape index (κ2) is 8.64. The number of benzene rings is 2. The largest absolute Gasteiger partial charge is 0.419 e. The molecule has 4 nitrogen and oxygen atoms in total. The van der Waals surface area contributed by atoms with Crippen LogP contribution < -0.4 is 5.76 Å². The predicted molar refractivity (Wildman–Crippen MR) is 109 cm³/mol. The van der Waals surface area contributed by atoms with E-state index in [4.69, 9.17) is 4.42 Å². The van der Waals surface area contributed by atoms with E-state index >= 15 is 0 Å². The number of hydrogen-bond acceptors (Lipinski definition) is 2. The van der Waals surface area contributed by atoms with Gasteiger partial charge in [-0.3, -0.25) is 4.57 Å². The Morgan fingerprint density at radius 3 is 1.89 bits per heavy atom. The quantitative estimate of drug-likeness (QED) is 0.289. The summed E-state index contributed by atoms with van der Waals surface area (Å²) in [6.07, 6.45) is -13.5. The molecule has 0 radical (unpaired) electrons. The van der Waals surface area contributed by atoms with E-state index in [0.29, 0.717) is 18.3 Å². The van der Waals surface area contributed by atoms with E-state index in [0.717, 1.165) is 10.8 Å². The minimum Gasteiger partial charge on any atom is -0.408 e. The van der Waals surface area contributed by atoms with E-state index in [1.165, 1.54) is 24.3 Å². The van der Waals surface area contributed by atoms with Crippen molar-refractivity contribution in [2.24, 2.45) is 0 Å². The SMILES string of the molecule is O=c1oc(-c2cc(C(F)(F)F)cc(C(F)(F)F)c2)cn1Cc1[nH]cc(C(F)(F)F)c1-c1ccccc1. The normalized spacial score (nSPS) is 12.8. The molecule has 0 aliphatic carbocycles. The average Bonchev–Trinajstić information content (AvgIpc) is 3.37. The molecule has 0 bridgehead atoms. The highest BCUT2D eigenvalue weighted by Gasteiger charge is 2.38. The Kier molecular flexibility index (Phi) is 6.05. The van der Waals surface area contributed by atoms with Gasteiger partial charge < -0.3 is 9.40 Å². The van der Waals surface area contributed by atoms with E-state index in [1.54, 1.807) is 6.07 Å². The van der Waals surface area contributed by atoms with Gasteiger partial charge in [0.25, 0.3) is 0 Å². The molecule has 0 saturated heterocycles. The first-order valence-corrected chi connectivity index (χ1v) is 9.97. The fourth-order valence-electron chi connectivity index (χ4n) is 3.63. The highest BCUT2D eigenvalue weighted by Crippen LogP contribution is 2.40. The fraction of sp³-hybridized carbons (Fsp3) is 0.174. The number of rotatable bonds is 4. The zero-order valence-corrected chi connectivity index (χ0v) is 17.6. The highest BCUT2D eigenvalue weighted by molar-refractivity contribution is 5.71. The monoisotopic (exact) mass is 520 g/mol. The third kappa shape index (κ3) is 5.04. The molecule has 2 aromatic heterocycles. The number of aromatic amines is 1. The van der Waals surface area contributed by atoms with Gasteiger partial charge in [0.05, 0.1) is 29.4 Å². The van der Waals surface area contributed by atoms with Crippen LogP contribution >= 0.6 is 0 Å². The molecule has 4 aromatic rings. The molecule has 13 heteroatoms. The molecule has 0 spiro atoms. The van der Waals surface area contributed by atoms with Crippen LogP contribution in [0.5, 0.6) is 0 Å². The van der Waals surface area contributed by atoms with Gasteiger partial charge in [0.1, 0.15) is 0 Å². The first-order chi connectivity index (χ1) is 16.6. The maximum absolute atomic E-state index is 13.6. The standard InChI is InChI=1S/C23H13F9N2O2/c24-21(25,26)14-6-13(7-15(8-14)22(27,28)29)18-11-34(20(35)36-18)10-17-19(12-4-2-1-3-5-12)16(9-33-17)23(30,31)32/h1-9,11,33H,10H2. The maximum Gasteiger partial charge on any atom is 0.419 e. The lowest BCUT2D eigenvalue weighted by Crippen LogP contribution is -2.15. The van der Waals surface area contributed by atoms with Gasteiger partial charge in [-0.2, -0.15) is 39.5 Å². The molecule has 2 heterocycles. The minimum absolute atomic E-state index is 0.0806.